The zero-order chi connectivity index (χ0) is 27.5. The van der Waals surface area contributed by atoms with Gasteiger partial charge in [-0.15, -0.1) is 0 Å². The third-order valence-electron chi connectivity index (χ3n) is 7.00. The lowest BCUT2D eigenvalue weighted by Crippen LogP contribution is -2.53. The summed E-state index contributed by atoms with van der Waals surface area (Å²) < 4.78 is 16.2. The number of carbonyl (C=O) groups excluding carboxylic acids is 1. The highest BCUT2D eigenvalue weighted by Crippen LogP contribution is 2.28. The van der Waals surface area contributed by atoms with Gasteiger partial charge in [-0.05, 0) is 43.3 Å². The van der Waals surface area contributed by atoms with Crippen molar-refractivity contribution in [1.29, 1.82) is 0 Å². The van der Waals surface area contributed by atoms with Crippen LogP contribution in [0.3, 0.4) is 0 Å². The van der Waals surface area contributed by atoms with Gasteiger partial charge in [-0.3, -0.25) is 9.69 Å². The number of carbonyl (C=O) groups is 1. The predicted octanol–water partition coefficient (Wildman–Crippen LogP) is 4.08. The third-order valence-corrected chi connectivity index (χ3v) is 7.24. The second kappa shape index (κ2) is 11.5. The van der Waals surface area contributed by atoms with Crippen LogP contribution < -0.4 is 15.5 Å². The van der Waals surface area contributed by atoms with Gasteiger partial charge in [0, 0.05) is 81.1 Å². The lowest BCUT2D eigenvalue weighted by molar-refractivity contribution is -0.119. The first-order valence-corrected chi connectivity index (χ1v) is 13.4. The standard InChI is InChI=1S/C28H32ClFN8O/c1-18-16-37(11-10-31-19(2)39)12-13-38(18)23-8-5-20(6-9-23)26-34-27(25-28(35-26)33-17-36(25)3)32-15-21-4-7-22(29)14-24(21)30/h4-9,14,17-18H,10-13,15-16H2,1-3H3,(H,31,39)(H,32,34,35)/t18-/m0/s1. The molecule has 1 fully saturated rings. The molecule has 1 aliphatic rings. The first kappa shape index (κ1) is 26.8. The monoisotopic (exact) mass is 550 g/mol. The van der Waals surface area contributed by atoms with Gasteiger partial charge in [0.15, 0.2) is 17.3 Å². The van der Waals surface area contributed by atoms with Gasteiger partial charge in [0.05, 0.1) is 6.33 Å². The lowest BCUT2D eigenvalue weighted by Gasteiger charge is -2.41. The maximum atomic E-state index is 14.4. The van der Waals surface area contributed by atoms with Crippen LogP contribution in [0.4, 0.5) is 15.9 Å². The van der Waals surface area contributed by atoms with Crippen molar-refractivity contribution in [2.45, 2.75) is 26.4 Å². The third kappa shape index (κ3) is 6.12. The Morgan fingerprint density at radius 3 is 2.67 bits per heavy atom. The molecule has 1 saturated heterocycles. The van der Waals surface area contributed by atoms with Crippen LogP contribution in [0.15, 0.2) is 48.8 Å². The van der Waals surface area contributed by atoms with E-state index in [1.807, 2.05) is 23.7 Å². The summed E-state index contributed by atoms with van der Waals surface area (Å²) >= 11 is 5.90. The predicted molar refractivity (Wildman–Crippen MR) is 152 cm³/mol. The Kier molecular flexibility index (Phi) is 7.94. The number of fused-ring (bicyclic) bond motifs is 1. The van der Waals surface area contributed by atoms with E-state index in [0.717, 1.165) is 42.9 Å². The summed E-state index contributed by atoms with van der Waals surface area (Å²) in [6, 6.07) is 13.2. The number of aromatic nitrogens is 4. The molecule has 2 aromatic carbocycles. The van der Waals surface area contributed by atoms with Crippen molar-refractivity contribution in [2.75, 3.05) is 42.9 Å². The number of aryl methyl sites for hydroxylation is 1. The molecule has 1 aliphatic heterocycles. The van der Waals surface area contributed by atoms with Crippen molar-refractivity contribution in [1.82, 2.24) is 29.7 Å². The van der Waals surface area contributed by atoms with E-state index in [9.17, 15) is 9.18 Å². The molecule has 11 heteroatoms. The van der Waals surface area contributed by atoms with Crippen LogP contribution in [0.2, 0.25) is 5.02 Å². The Hall–Kier alpha value is -3.76. The Bertz CT molecular complexity index is 1470. The summed E-state index contributed by atoms with van der Waals surface area (Å²) in [5.74, 6) is 0.760. The highest BCUT2D eigenvalue weighted by atomic mass is 35.5. The molecule has 1 amide bonds. The number of nitrogens with one attached hydrogen (secondary N) is 2. The van der Waals surface area contributed by atoms with Gasteiger partial charge in [0.2, 0.25) is 5.91 Å². The van der Waals surface area contributed by atoms with Gasteiger partial charge >= 0.3 is 0 Å². The number of nitrogens with zero attached hydrogens (tertiary/aromatic N) is 6. The van der Waals surface area contributed by atoms with E-state index in [2.05, 4.69) is 44.5 Å². The fourth-order valence-electron chi connectivity index (χ4n) is 4.96. The first-order valence-electron chi connectivity index (χ1n) is 13.0. The van der Waals surface area contributed by atoms with E-state index in [-0.39, 0.29) is 18.3 Å². The van der Waals surface area contributed by atoms with E-state index in [1.165, 1.54) is 6.07 Å². The quantitative estimate of drug-likeness (QED) is 0.341. The molecule has 0 bridgehead atoms. The van der Waals surface area contributed by atoms with Crippen LogP contribution in [-0.4, -0.2) is 69.1 Å². The van der Waals surface area contributed by atoms with E-state index in [1.54, 1.807) is 25.4 Å². The highest BCUT2D eigenvalue weighted by molar-refractivity contribution is 6.30. The highest BCUT2D eigenvalue weighted by Gasteiger charge is 2.24. The van der Waals surface area contributed by atoms with E-state index < -0.39 is 0 Å². The van der Waals surface area contributed by atoms with Crippen molar-refractivity contribution in [3.63, 3.8) is 0 Å². The maximum absolute atomic E-state index is 14.4. The SMILES string of the molecule is CC(=O)NCCN1CCN(c2ccc(-c3nc(NCc4ccc(Cl)cc4F)c4c(ncn4C)n3)cc2)[C@@H](C)C1. The minimum Gasteiger partial charge on any atom is -0.366 e. The van der Waals surface area contributed by atoms with Crippen molar-refractivity contribution < 1.29 is 9.18 Å². The van der Waals surface area contributed by atoms with Crippen LogP contribution in [-0.2, 0) is 18.4 Å². The Labute approximate surface area is 232 Å². The lowest BCUT2D eigenvalue weighted by atomic mass is 10.1. The molecule has 2 aromatic heterocycles. The largest absolute Gasteiger partial charge is 0.366 e. The van der Waals surface area contributed by atoms with E-state index >= 15 is 0 Å². The summed E-state index contributed by atoms with van der Waals surface area (Å²) in [5, 5.41) is 6.49. The fourth-order valence-corrected chi connectivity index (χ4v) is 5.12. The second-order valence-electron chi connectivity index (χ2n) is 9.89. The number of hydrogen-bond donors (Lipinski definition) is 2. The van der Waals surface area contributed by atoms with E-state index in [0.29, 0.717) is 40.5 Å². The molecule has 3 heterocycles. The van der Waals surface area contributed by atoms with Crippen LogP contribution in [0.1, 0.15) is 19.4 Å². The second-order valence-corrected chi connectivity index (χ2v) is 10.3. The van der Waals surface area contributed by atoms with Gasteiger partial charge in [0.25, 0.3) is 0 Å². The van der Waals surface area contributed by atoms with Gasteiger partial charge in [-0.2, -0.15) is 0 Å². The summed E-state index contributed by atoms with van der Waals surface area (Å²) in [6.45, 7) is 8.31. The average molecular weight is 551 g/mol. The average Bonchev–Trinajstić information content (AvgIpc) is 3.29. The zero-order valence-corrected chi connectivity index (χ0v) is 23.0. The zero-order valence-electron chi connectivity index (χ0n) is 22.3. The van der Waals surface area contributed by atoms with Crippen LogP contribution in [0.25, 0.3) is 22.6 Å². The number of hydrogen-bond acceptors (Lipinski definition) is 7. The minimum absolute atomic E-state index is 0.00584. The van der Waals surface area contributed by atoms with Gasteiger partial charge in [0.1, 0.15) is 11.3 Å². The van der Waals surface area contributed by atoms with Crippen molar-refractivity contribution in [3.8, 4) is 11.4 Å². The topological polar surface area (TPSA) is 91.2 Å². The molecule has 5 rings (SSSR count). The van der Waals surface area contributed by atoms with Crippen LogP contribution in [0, 0.1) is 5.82 Å². The summed E-state index contributed by atoms with van der Waals surface area (Å²) in [6.07, 6.45) is 1.69. The molecule has 204 valence electrons. The number of halogens is 2. The van der Waals surface area contributed by atoms with Gasteiger partial charge in [-0.25, -0.2) is 19.3 Å². The number of piperazine rings is 1. The minimum atomic E-state index is -0.371. The van der Waals surface area contributed by atoms with E-state index in [4.69, 9.17) is 21.6 Å². The molecular formula is C28H32ClFN8O. The number of anilines is 2. The molecule has 9 nitrogen and oxygen atoms in total. The normalized spacial score (nSPS) is 16.0. The fraction of sp³-hybridized carbons (Fsp3) is 0.357. The van der Waals surface area contributed by atoms with Crippen LogP contribution in [0.5, 0.6) is 0 Å². The van der Waals surface area contributed by atoms with Gasteiger partial charge in [-0.1, -0.05) is 17.7 Å². The molecule has 0 spiro atoms. The van der Waals surface area contributed by atoms with Crippen LogP contribution >= 0.6 is 11.6 Å². The molecule has 1 atom stereocenters. The molecule has 0 unspecified atom stereocenters. The van der Waals surface area contributed by atoms with Crippen molar-refractivity contribution >= 4 is 40.2 Å². The van der Waals surface area contributed by atoms with Crippen molar-refractivity contribution in [3.05, 3.63) is 65.2 Å². The molecule has 0 radical (unpaired) electrons. The number of amides is 1. The summed E-state index contributed by atoms with van der Waals surface area (Å²) in [5.41, 5.74) is 3.81. The first-order chi connectivity index (χ1) is 18.8. The Morgan fingerprint density at radius 2 is 1.95 bits per heavy atom. The number of benzene rings is 2. The van der Waals surface area contributed by atoms with Crippen molar-refractivity contribution in [2.24, 2.45) is 7.05 Å². The summed E-state index contributed by atoms with van der Waals surface area (Å²) in [4.78, 5) is 29.8. The molecule has 0 saturated carbocycles. The summed E-state index contributed by atoms with van der Waals surface area (Å²) in [7, 11) is 1.88. The number of rotatable bonds is 8. The molecule has 0 aliphatic carbocycles. The molecule has 4 aromatic rings. The van der Waals surface area contributed by atoms with Gasteiger partial charge < -0.3 is 20.1 Å². The maximum Gasteiger partial charge on any atom is 0.216 e. The Morgan fingerprint density at radius 1 is 1.15 bits per heavy atom. The number of imidazole rings is 1. The molecule has 39 heavy (non-hydrogen) atoms. The smallest absolute Gasteiger partial charge is 0.216 e. The Balaban J connectivity index is 1.32. The molecular weight excluding hydrogens is 519 g/mol. The molecule has 2 N–H and O–H groups in total.